The minimum atomic E-state index is -0.847. The van der Waals surface area contributed by atoms with E-state index in [-0.39, 0.29) is 6.61 Å². The quantitative estimate of drug-likeness (QED) is 0.401. The van der Waals surface area contributed by atoms with Gasteiger partial charge in [-0.2, -0.15) is 0 Å². The lowest BCUT2D eigenvalue weighted by atomic mass is 10.0. The Kier molecular flexibility index (Phi) is 5.41. The van der Waals surface area contributed by atoms with Crippen molar-refractivity contribution in [1.29, 1.82) is 0 Å². The highest BCUT2D eigenvalue weighted by atomic mass is 16.3. The molecule has 0 aromatic heterocycles. The highest BCUT2D eigenvalue weighted by Gasteiger charge is 2.33. The van der Waals surface area contributed by atoms with Crippen molar-refractivity contribution in [3.8, 4) is 0 Å². The highest BCUT2D eigenvalue weighted by Crippen LogP contribution is 2.30. The van der Waals surface area contributed by atoms with Crippen LogP contribution in [0.3, 0.4) is 0 Å². The Labute approximate surface area is 73.6 Å². The molecule has 1 aliphatic carbocycles. The Bertz CT molecular complexity index is 116. The standard InChI is InChI=1S/C6H13NO.C2H7NO/c1-5-3-2-4-6(5,7)8;3-1-2-4/h5,8H,2-4,7H2,1H3;4H,1-3H2. The number of aliphatic hydroxyl groups excluding tert-OH is 1. The monoisotopic (exact) mass is 176 g/mol. The molecule has 12 heavy (non-hydrogen) atoms. The summed E-state index contributed by atoms with van der Waals surface area (Å²) in [5, 5.41) is 17.0. The molecule has 0 saturated heterocycles. The maximum Gasteiger partial charge on any atom is 0.116 e. The molecular formula is C8H20N2O2. The molecule has 6 N–H and O–H groups in total. The van der Waals surface area contributed by atoms with Gasteiger partial charge in [0, 0.05) is 6.54 Å². The van der Waals surface area contributed by atoms with Gasteiger partial charge in [0.05, 0.1) is 6.61 Å². The number of hydrogen-bond donors (Lipinski definition) is 4. The van der Waals surface area contributed by atoms with E-state index in [2.05, 4.69) is 0 Å². The predicted molar refractivity (Wildman–Crippen MR) is 48.3 cm³/mol. The van der Waals surface area contributed by atoms with E-state index in [0.29, 0.717) is 12.5 Å². The zero-order valence-electron chi connectivity index (χ0n) is 7.66. The first-order valence-corrected chi connectivity index (χ1v) is 4.36. The summed E-state index contributed by atoms with van der Waals surface area (Å²) in [6.07, 6.45) is 2.93. The summed E-state index contributed by atoms with van der Waals surface area (Å²) in [4.78, 5) is 0. The van der Waals surface area contributed by atoms with Crippen molar-refractivity contribution in [2.75, 3.05) is 13.2 Å². The molecule has 0 amide bonds. The maximum absolute atomic E-state index is 9.24. The zero-order chi connectivity index (χ0) is 9.61. The Morgan fingerprint density at radius 3 is 2.17 bits per heavy atom. The molecule has 0 heterocycles. The van der Waals surface area contributed by atoms with Crippen molar-refractivity contribution in [3.63, 3.8) is 0 Å². The van der Waals surface area contributed by atoms with E-state index < -0.39 is 5.72 Å². The fraction of sp³-hybridized carbons (Fsp3) is 1.00. The van der Waals surface area contributed by atoms with Gasteiger partial charge in [0.25, 0.3) is 0 Å². The van der Waals surface area contributed by atoms with Gasteiger partial charge in [0.15, 0.2) is 0 Å². The normalized spacial score (nSPS) is 34.2. The fourth-order valence-corrected chi connectivity index (χ4v) is 1.19. The summed E-state index contributed by atoms with van der Waals surface area (Å²) in [6, 6.07) is 0. The molecule has 2 unspecified atom stereocenters. The third kappa shape index (κ3) is 4.01. The third-order valence-corrected chi connectivity index (χ3v) is 2.20. The van der Waals surface area contributed by atoms with E-state index >= 15 is 0 Å². The molecule has 0 spiro atoms. The molecule has 2 atom stereocenters. The van der Waals surface area contributed by atoms with Crippen LogP contribution in [0.4, 0.5) is 0 Å². The van der Waals surface area contributed by atoms with Gasteiger partial charge in [-0.1, -0.05) is 6.92 Å². The van der Waals surface area contributed by atoms with Crippen LogP contribution < -0.4 is 11.5 Å². The minimum absolute atomic E-state index is 0.0972. The summed E-state index contributed by atoms with van der Waals surface area (Å²) in [5.74, 6) is 0.294. The van der Waals surface area contributed by atoms with Crippen molar-refractivity contribution < 1.29 is 10.2 Å². The molecule has 0 aromatic carbocycles. The highest BCUT2D eigenvalue weighted by molar-refractivity contribution is 4.83. The summed E-state index contributed by atoms with van der Waals surface area (Å²) in [6.45, 7) is 2.47. The van der Waals surface area contributed by atoms with E-state index in [0.717, 1.165) is 19.3 Å². The molecule has 1 aliphatic rings. The van der Waals surface area contributed by atoms with Crippen LogP contribution in [0.1, 0.15) is 26.2 Å². The summed E-state index contributed by atoms with van der Waals surface area (Å²) in [5.41, 5.74) is 9.41. The van der Waals surface area contributed by atoms with Crippen molar-refractivity contribution in [2.24, 2.45) is 17.4 Å². The van der Waals surface area contributed by atoms with Gasteiger partial charge < -0.3 is 21.7 Å². The lowest BCUT2D eigenvalue weighted by molar-refractivity contribution is 0.0157. The molecule has 4 heteroatoms. The topological polar surface area (TPSA) is 92.5 Å². The van der Waals surface area contributed by atoms with E-state index in [9.17, 15) is 5.11 Å². The van der Waals surface area contributed by atoms with Crippen LogP contribution in [0.2, 0.25) is 0 Å². The number of rotatable bonds is 1. The first-order chi connectivity index (χ1) is 5.54. The maximum atomic E-state index is 9.24. The van der Waals surface area contributed by atoms with Gasteiger partial charge in [0.1, 0.15) is 5.72 Å². The fourth-order valence-electron chi connectivity index (χ4n) is 1.19. The van der Waals surface area contributed by atoms with Crippen LogP contribution in [-0.4, -0.2) is 29.1 Å². The largest absolute Gasteiger partial charge is 0.395 e. The van der Waals surface area contributed by atoms with Gasteiger partial charge >= 0.3 is 0 Å². The molecule has 0 radical (unpaired) electrons. The lowest BCUT2D eigenvalue weighted by Gasteiger charge is -2.20. The third-order valence-electron chi connectivity index (χ3n) is 2.20. The first kappa shape index (κ1) is 11.8. The van der Waals surface area contributed by atoms with Crippen LogP contribution in [0.25, 0.3) is 0 Å². The van der Waals surface area contributed by atoms with Crippen molar-refractivity contribution in [2.45, 2.75) is 31.9 Å². The second kappa shape index (κ2) is 5.48. The molecule has 74 valence electrons. The molecule has 4 nitrogen and oxygen atoms in total. The van der Waals surface area contributed by atoms with Gasteiger partial charge in [0.2, 0.25) is 0 Å². The molecule has 1 saturated carbocycles. The van der Waals surface area contributed by atoms with E-state index in [1.54, 1.807) is 0 Å². The SMILES string of the molecule is CC1CCCC1(N)O.NCCO. The number of aliphatic hydroxyl groups is 2. The van der Waals surface area contributed by atoms with Crippen molar-refractivity contribution in [1.82, 2.24) is 0 Å². The second-order valence-corrected chi connectivity index (χ2v) is 3.30. The van der Waals surface area contributed by atoms with Crippen molar-refractivity contribution in [3.05, 3.63) is 0 Å². The molecule has 0 aromatic rings. The van der Waals surface area contributed by atoms with Gasteiger partial charge in [-0.15, -0.1) is 0 Å². The summed E-state index contributed by atoms with van der Waals surface area (Å²) >= 11 is 0. The Morgan fingerprint density at radius 2 is 2.08 bits per heavy atom. The van der Waals surface area contributed by atoms with E-state index in [1.807, 2.05) is 6.92 Å². The number of nitrogens with two attached hydrogens (primary N) is 2. The van der Waals surface area contributed by atoms with Crippen LogP contribution in [0.5, 0.6) is 0 Å². The Morgan fingerprint density at radius 1 is 1.58 bits per heavy atom. The van der Waals surface area contributed by atoms with Crippen molar-refractivity contribution >= 4 is 0 Å². The van der Waals surface area contributed by atoms with E-state index in [4.69, 9.17) is 16.6 Å². The second-order valence-electron chi connectivity index (χ2n) is 3.30. The zero-order valence-corrected chi connectivity index (χ0v) is 7.66. The lowest BCUT2D eigenvalue weighted by Crippen LogP contribution is -2.41. The van der Waals surface area contributed by atoms with Crippen LogP contribution >= 0.6 is 0 Å². The molecule has 1 rings (SSSR count). The van der Waals surface area contributed by atoms with Gasteiger partial charge in [-0.3, -0.25) is 0 Å². The Balaban J connectivity index is 0.000000261. The molecule has 1 fully saturated rings. The van der Waals surface area contributed by atoms with E-state index in [1.165, 1.54) is 0 Å². The summed E-state index contributed by atoms with van der Waals surface area (Å²) in [7, 11) is 0. The average molecular weight is 176 g/mol. The Hall–Kier alpha value is -0.160. The van der Waals surface area contributed by atoms with Crippen LogP contribution in [-0.2, 0) is 0 Å². The molecule has 0 bridgehead atoms. The first-order valence-electron chi connectivity index (χ1n) is 4.36. The molecule has 0 aliphatic heterocycles. The number of hydrogen-bond acceptors (Lipinski definition) is 4. The average Bonchev–Trinajstić information content (AvgIpc) is 2.31. The molecular weight excluding hydrogens is 156 g/mol. The summed E-state index contributed by atoms with van der Waals surface area (Å²) < 4.78 is 0. The smallest absolute Gasteiger partial charge is 0.116 e. The van der Waals surface area contributed by atoms with Gasteiger partial charge in [-0.25, -0.2) is 0 Å². The minimum Gasteiger partial charge on any atom is -0.395 e. The van der Waals surface area contributed by atoms with Crippen LogP contribution in [0.15, 0.2) is 0 Å². The van der Waals surface area contributed by atoms with Crippen LogP contribution in [0, 0.1) is 5.92 Å². The van der Waals surface area contributed by atoms with Gasteiger partial charge in [-0.05, 0) is 25.2 Å². The predicted octanol–water partition coefficient (Wildman–Crippen LogP) is -0.609.